The van der Waals surface area contributed by atoms with Gasteiger partial charge in [0.2, 0.25) is 5.91 Å². The fraction of sp³-hybridized carbons (Fsp3) is 0.417. The van der Waals surface area contributed by atoms with Gasteiger partial charge in [0, 0.05) is 17.9 Å². The number of quaternary nitrogens is 1. The molecule has 2 N–H and O–H groups in total. The van der Waals surface area contributed by atoms with Crippen molar-refractivity contribution in [3.05, 3.63) is 59.4 Å². The molecule has 0 radical (unpaired) electrons. The lowest BCUT2D eigenvalue weighted by atomic mass is 9.99. The minimum Gasteiger partial charge on any atom is -0.362 e. The Hall–Kier alpha value is -2.93. The Morgan fingerprint density at radius 1 is 1.06 bits per heavy atom. The first kappa shape index (κ1) is 21.3. The van der Waals surface area contributed by atoms with E-state index in [-0.39, 0.29) is 17.6 Å². The zero-order valence-corrected chi connectivity index (χ0v) is 18.0. The molecule has 6 nitrogen and oxygen atoms in total. The number of anilines is 2. The second-order valence-electron chi connectivity index (χ2n) is 8.52. The Kier molecular flexibility index (Phi) is 6.51. The Labute approximate surface area is 182 Å². The first-order valence-electron chi connectivity index (χ1n) is 11.0. The van der Waals surface area contributed by atoms with Gasteiger partial charge in [-0.25, -0.2) is 4.39 Å². The number of halogens is 1. The van der Waals surface area contributed by atoms with Gasteiger partial charge >= 0.3 is 0 Å². The number of nitrogens with zero attached hydrogens (tertiary/aromatic N) is 2. The highest BCUT2D eigenvalue weighted by molar-refractivity contribution is 5.91. The van der Waals surface area contributed by atoms with Crippen LogP contribution in [-0.2, 0) is 16.0 Å². The molecule has 1 fully saturated rings. The lowest BCUT2D eigenvalue weighted by molar-refractivity contribution is -0.895. The van der Waals surface area contributed by atoms with Gasteiger partial charge in [0.05, 0.1) is 32.7 Å². The summed E-state index contributed by atoms with van der Waals surface area (Å²) in [4.78, 5) is 30.5. The van der Waals surface area contributed by atoms with E-state index in [1.165, 1.54) is 28.9 Å². The van der Waals surface area contributed by atoms with Crippen molar-refractivity contribution < 1.29 is 18.9 Å². The van der Waals surface area contributed by atoms with Crippen molar-refractivity contribution in [1.82, 2.24) is 4.90 Å². The molecule has 0 saturated carbocycles. The van der Waals surface area contributed by atoms with Gasteiger partial charge in [-0.15, -0.1) is 0 Å². The first-order valence-corrected chi connectivity index (χ1v) is 11.0. The van der Waals surface area contributed by atoms with E-state index >= 15 is 0 Å². The smallest absolute Gasteiger partial charge is 0.279 e. The van der Waals surface area contributed by atoms with Gasteiger partial charge in [0.25, 0.3) is 5.91 Å². The van der Waals surface area contributed by atoms with Gasteiger partial charge in [-0.05, 0) is 55.7 Å². The summed E-state index contributed by atoms with van der Waals surface area (Å²) in [6.45, 7) is 6.59. The summed E-state index contributed by atoms with van der Waals surface area (Å²) in [5.41, 5.74) is 4.37. The standard InChI is InChI=1S/C24H29FN4O2/c1-18-4-9-22-19(15-18)3-2-10-29(22)17-24(31)28-13-11-27(12-14-28)16-23(30)26-21-7-5-20(25)6-8-21/h4-9,15H,2-3,10-14,16-17H2,1H3,(H,26,30)/p+1. The highest BCUT2D eigenvalue weighted by atomic mass is 19.1. The maximum absolute atomic E-state index is 13.0. The van der Waals surface area contributed by atoms with Gasteiger partial charge in [-0.2, -0.15) is 0 Å². The van der Waals surface area contributed by atoms with Gasteiger partial charge in [0.1, 0.15) is 5.82 Å². The molecular weight excluding hydrogens is 395 g/mol. The molecule has 164 valence electrons. The predicted molar refractivity (Wildman–Crippen MR) is 119 cm³/mol. The molecule has 1 saturated heterocycles. The van der Waals surface area contributed by atoms with E-state index in [1.54, 1.807) is 12.1 Å². The number of benzene rings is 2. The second-order valence-corrected chi connectivity index (χ2v) is 8.52. The largest absolute Gasteiger partial charge is 0.362 e. The SMILES string of the molecule is Cc1ccc2c(c1)CCCN2CC(=O)N1CC[NH+](CC(=O)Nc2ccc(F)cc2)CC1. The lowest BCUT2D eigenvalue weighted by Gasteiger charge is -2.35. The number of carbonyl (C=O) groups excluding carboxylic acids is 2. The molecule has 2 aliphatic rings. The lowest BCUT2D eigenvalue weighted by Crippen LogP contribution is -3.15. The van der Waals surface area contributed by atoms with E-state index in [1.807, 2.05) is 4.90 Å². The van der Waals surface area contributed by atoms with Crippen LogP contribution in [-0.4, -0.2) is 62.5 Å². The van der Waals surface area contributed by atoms with Crippen LogP contribution in [0.1, 0.15) is 17.5 Å². The molecule has 2 aromatic carbocycles. The van der Waals surface area contributed by atoms with Crippen molar-refractivity contribution >= 4 is 23.2 Å². The summed E-state index contributed by atoms with van der Waals surface area (Å²) in [7, 11) is 0. The zero-order valence-electron chi connectivity index (χ0n) is 18.0. The molecule has 0 aromatic heterocycles. The van der Waals surface area contributed by atoms with E-state index in [0.717, 1.165) is 37.4 Å². The maximum atomic E-state index is 13.0. The van der Waals surface area contributed by atoms with Crippen molar-refractivity contribution in [3.63, 3.8) is 0 Å². The van der Waals surface area contributed by atoms with E-state index < -0.39 is 0 Å². The molecule has 7 heteroatoms. The molecule has 0 bridgehead atoms. The molecule has 4 rings (SSSR count). The summed E-state index contributed by atoms with van der Waals surface area (Å²) >= 11 is 0. The summed E-state index contributed by atoms with van der Waals surface area (Å²) in [6, 6.07) is 12.2. The van der Waals surface area contributed by atoms with Crippen LogP contribution in [0.3, 0.4) is 0 Å². The van der Waals surface area contributed by atoms with Gasteiger partial charge in [-0.3, -0.25) is 9.59 Å². The van der Waals surface area contributed by atoms with E-state index in [4.69, 9.17) is 0 Å². The molecular formula is C24H30FN4O2+. The Morgan fingerprint density at radius 3 is 2.55 bits per heavy atom. The van der Waals surface area contributed by atoms with Crippen molar-refractivity contribution in [2.75, 3.05) is 56.0 Å². The average molecular weight is 426 g/mol. The highest BCUT2D eigenvalue weighted by Gasteiger charge is 2.27. The monoisotopic (exact) mass is 425 g/mol. The number of carbonyl (C=O) groups is 2. The summed E-state index contributed by atoms with van der Waals surface area (Å²) in [5.74, 6) is -0.266. The predicted octanol–water partition coefficient (Wildman–Crippen LogP) is 1.25. The molecule has 2 heterocycles. The van der Waals surface area contributed by atoms with Crippen LogP contribution in [0, 0.1) is 12.7 Å². The third-order valence-electron chi connectivity index (χ3n) is 6.14. The summed E-state index contributed by atoms with van der Waals surface area (Å²) in [6.07, 6.45) is 2.15. The molecule has 0 aliphatic carbocycles. The van der Waals surface area contributed by atoms with E-state index in [2.05, 4.69) is 35.3 Å². The number of piperazine rings is 1. The normalized spacial score (nSPS) is 16.7. The highest BCUT2D eigenvalue weighted by Crippen LogP contribution is 2.27. The van der Waals surface area contributed by atoms with Crippen LogP contribution < -0.4 is 15.1 Å². The van der Waals surface area contributed by atoms with Gasteiger partial charge in [0.15, 0.2) is 6.54 Å². The minimum atomic E-state index is -0.326. The number of amides is 2. The van der Waals surface area contributed by atoms with E-state index in [9.17, 15) is 14.0 Å². The molecule has 0 spiro atoms. The van der Waals surface area contributed by atoms with Gasteiger partial charge in [-0.1, -0.05) is 17.7 Å². The topological polar surface area (TPSA) is 57.1 Å². The number of hydrogen-bond donors (Lipinski definition) is 2. The Balaban J connectivity index is 1.25. The van der Waals surface area contributed by atoms with Crippen molar-refractivity contribution in [2.24, 2.45) is 0 Å². The van der Waals surface area contributed by atoms with E-state index in [0.29, 0.717) is 31.9 Å². The molecule has 2 amide bonds. The van der Waals surface area contributed by atoms with Crippen LogP contribution in [0.15, 0.2) is 42.5 Å². The van der Waals surface area contributed by atoms with Crippen molar-refractivity contribution in [3.8, 4) is 0 Å². The Bertz CT molecular complexity index is 939. The summed E-state index contributed by atoms with van der Waals surface area (Å²) < 4.78 is 13.0. The molecule has 2 aliphatic heterocycles. The minimum absolute atomic E-state index is 0.0957. The zero-order chi connectivity index (χ0) is 21.8. The fourth-order valence-electron chi connectivity index (χ4n) is 4.45. The quantitative estimate of drug-likeness (QED) is 0.758. The van der Waals surface area contributed by atoms with Crippen LogP contribution in [0.25, 0.3) is 0 Å². The molecule has 0 atom stereocenters. The molecule has 0 unspecified atom stereocenters. The van der Waals surface area contributed by atoms with Crippen molar-refractivity contribution in [1.29, 1.82) is 0 Å². The van der Waals surface area contributed by atoms with Crippen LogP contribution in [0.4, 0.5) is 15.8 Å². The van der Waals surface area contributed by atoms with Gasteiger partial charge < -0.3 is 20.0 Å². The first-order chi connectivity index (χ1) is 15.0. The summed E-state index contributed by atoms with van der Waals surface area (Å²) in [5, 5.41) is 2.80. The number of nitrogens with one attached hydrogen (secondary N) is 2. The third kappa shape index (κ3) is 5.41. The second kappa shape index (κ2) is 9.47. The molecule has 31 heavy (non-hydrogen) atoms. The molecule has 2 aromatic rings. The number of rotatable bonds is 5. The van der Waals surface area contributed by atoms with Crippen LogP contribution in [0.5, 0.6) is 0 Å². The van der Waals surface area contributed by atoms with Crippen LogP contribution in [0.2, 0.25) is 0 Å². The number of aryl methyl sites for hydroxylation is 2. The number of fused-ring (bicyclic) bond motifs is 1. The maximum Gasteiger partial charge on any atom is 0.279 e. The average Bonchev–Trinajstić information content (AvgIpc) is 2.76. The number of hydrogen-bond acceptors (Lipinski definition) is 3. The van der Waals surface area contributed by atoms with Crippen molar-refractivity contribution in [2.45, 2.75) is 19.8 Å². The third-order valence-corrected chi connectivity index (χ3v) is 6.14. The fourth-order valence-corrected chi connectivity index (χ4v) is 4.45. The van der Waals surface area contributed by atoms with Crippen LogP contribution >= 0.6 is 0 Å². The Morgan fingerprint density at radius 2 is 1.81 bits per heavy atom.